The zero-order chi connectivity index (χ0) is 12.1. The Hall–Kier alpha value is -0.610. The van der Waals surface area contributed by atoms with Crippen molar-refractivity contribution in [2.75, 3.05) is 6.54 Å². The molecule has 1 aliphatic rings. The van der Waals surface area contributed by atoms with Gasteiger partial charge in [0.1, 0.15) is 0 Å². The predicted molar refractivity (Wildman–Crippen MR) is 64.3 cm³/mol. The van der Waals surface area contributed by atoms with Gasteiger partial charge in [0, 0.05) is 12.1 Å². The summed E-state index contributed by atoms with van der Waals surface area (Å²) in [5.74, 6) is 0.0711. The third-order valence-electron chi connectivity index (χ3n) is 2.70. The molecule has 1 amide bonds. The molecule has 1 heterocycles. The number of amides is 1. The van der Waals surface area contributed by atoms with Gasteiger partial charge in [0.15, 0.2) is 0 Å². The van der Waals surface area contributed by atoms with E-state index in [1.807, 2.05) is 13.8 Å². The van der Waals surface area contributed by atoms with Gasteiger partial charge in [-0.3, -0.25) is 4.79 Å². The van der Waals surface area contributed by atoms with E-state index >= 15 is 0 Å². The number of nitrogens with one attached hydrogen (secondary N) is 2. The molecule has 94 valence electrons. The molecule has 0 aromatic carbocycles. The van der Waals surface area contributed by atoms with Gasteiger partial charge in [-0.1, -0.05) is 0 Å². The number of carbonyl (C=O) groups excluding carboxylic acids is 1. The second-order valence-electron chi connectivity index (χ2n) is 5.03. The molecule has 4 heteroatoms. The molecule has 2 unspecified atom stereocenters. The molecule has 16 heavy (non-hydrogen) atoms. The van der Waals surface area contributed by atoms with Crippen molar-refractivity contribution < 1.29 is 9.53 Å². The summed E-state index contributed by atoms with van der Waals surface area (Å²) >= 11 is 0. The highest BCUT2D eigenvalue weighted by molar-refractivity contribution is 5.78. The van der Waals surface area contributed by atoms with Crippen LogP contribution in [0.3, 0.4) is 0 Å². The van der Waals surface area contributed by atoms with Crippen LogP contribution in [0.15, 0.2) is 0 Å². The molecule has 2 N–H and O–H groups in total. The van der Waals surface area contributed by atoms with E-state index in [-0.39, 0.29) is 24.2 Å². The van der Waals surface area contributed by atoms with Crippen molar-refractivity contribution in [2.45, 2.75) is 64.8 Å². The van der Waals surface area contributed by atoms with E-state index in [1.165, 1.54) is 0 Å². The molecule has 1 fully saturated rings. The Kier molecular flexibility index (Phi) is 5.22. The minimum atomic E-state index is 0.0711. The molecular weight excluding hydrogens is 204 g/mol. The minimum Gasteiger partial charge on any atom is -0.375 e. The Morgan fingerprint density at radius 1 is 1.31 bits per heavy atom. The second kappa shape index (κ2) is 6.21. The lowest BCUT2D eigenvalue weighted by Crippen LogP contribution is -2.46. The fraction of sp³-hybridized carbons (Fsp3) is 0.917. The molecule has 0 aliphatic carbocycles. The Balaban J connectivity index is 2.24. The topological polar surface area (TPSA) is 50.4 Å². The summed E-state index contributed by atoms with van der Waals surface area (Å²) in [7, 11) is 0. The zero-order valence-corrected chi connectivity index (χ0v) is 10.7. The highest BCUT2D eigenvalue weighted by atomic mass is 16.5. The van der Waals surface area contributed by atoms with Crippen molar-refractivity contribution >= 4 is 5.91 Å². The lowest BCUT2D eigenvalue weighted by atomic mass is 10.00. The fourth-order valence-electron chi connectivity index (χ4n) is 2.18. The van der Waals surface area contributed by atoms with Crippen molar-refractivity contribution in [3.05, 3.63) is 0 Å². The van der Waals surface area contributed by atoms with Crippen LogP contribution in [0.5, 0.6) is 0 Å². The maximum absolute atomic E-state index is 11.5. The molecule has 0 bridgehead atoms. The Bertz CT molecular complexity index is 221. The molecule has 0 aromatic heterocycles. The van der Waals surface area contributed by atoms with Crippen LogP contribution in [0.1, 0.15) is 40.5 Å². The monoisotopic (exact) mass is 228 g/mol. The van der Waals surface area contributed by atoms with Crippen LogP contribution < -0.4 is 10.6 Å². The van der Waals surface area contributed by atoms with Gasteiger partial charge < -0.3 is 15.4 Å². The molecule has 0 aromatic rings. The van der Waals surface area contributed by atoms with Crippen molar-refractivity contribution in [1.82, 2.24) is 10.6 Å². The highest BCUT2D eigenvalue weighted by Gasteiger charge is 2.24. The van der Waals surface area contributed by atoms with Gasteiger partial charge in [-0.05, 0) is 40.5 Å². The molecule has 0 spiro atoms. The van der Waals surface area contributed by atoms with Gasteiger partial charge in [0.2, 0.25) is 5.91 Å². The van der Waals surface area contributed by atoms with Gasteiger partial charge in [0.25, 0.3) is 0 Å². The number of hydrogen-bond donors (Lipinski definition) is 2. The summed E-state index contributed by atoms with van der Waals surface area (Å²) in [6.07, 6.45) is 2.54. The van der Waals surface area contributed by atoms with Crippen LogP contribution in [0.25, 0.3) is 0 Å². The molecule has 1 rings (SSSR count). The van der Waals surface area contributed by atoms with Crippen molar-refractivity contribution in [3.8, 4) is 0 Å². The average Bonchev–Trinajstić information content (AvgIpc) is 2.12. The fourth-order valence-corrected chi connectivity index (χ4v) is 2.18. The van der Waals surface area contributed by atoms with Gasteiger partial charge >= 0.3 is 0 Å². The third-order valence-corrected chi connectivity index (χ3v) is 2.70. The number of ether oxygens (including phenoxy) is 1. The van der Waals surface area contributed by atoms with Crippen LogP contribution in [0.2, 0.25) is 0 Å². The van der Waals surface area contributed by atoms with Crippen molar-refractivity contribution in [1.29, 1.82) is 0 Å². The molecule has 0 saturated carbocycles. The molecular formula is C12H24N2O2. The summed E-state index contributed by atoms with van der Waals surface area (Å²) < 4.78 is 5.65. The molecule has 1 saturated heterocycles. The summed E-state index contributed by atoms with van der Waals surface area (Å²) in [6.45, 7) is 8.51. The highest BCUT2D eigenvalue weighted by Crippen LogP contribution is 2.18. The first-order chi connectivity index (χ1) is 7.47. The van der Waals surface area contributed by atoms with Crippen molar-refractivity contribution in [3.63, 3.8) is 0 Å². The quantitative estimate of drug-likeness (QED) is 0.756. The Morgan fingerprint density at radius 3 is 2.38 bits per heavy atom. The van der Waals surface area contributed by atoms with E-state index in [0.717, 1.165) is 12.8 Å². The summed E-state index contributed by atoms with van der Waals surface area (Å²) in [4.78, 5) is 11.5. The SMILES string of the molecule is CC(C)NC(=O)CNC1CC(C)OC(C)C1. The predicted octanol–water partition coefficient (Wildman–Crippen LogP) is 1.06. The first kappa shape index (κ1) is 13.5. The van der Waals surface area contributed by atoms with Crippen LogP contribution >= 0.6 is 0 Å². The first-order valence-corrected chi connectivity index (χ1v) is 6.15. The smallest absolute Gasteiger partial charge is 0.234 e. The maximum atomic E-state index is 11.5. The van der Waals surface area contributed by atoms with Crippen LogP contribution in [0, 0.1) is 0 Å². The van der Waals surface area contributed by atoms with Crippen LogP contribution in [-0.4, -0.2) is 36.7 Å². The minimum absolute atomic E-state index is 0.0711. The number of hydrogen-bond acceptors (Lipinski definition) is 3. The largest absolute Gasteiger partial charge is 0.375 e. The summed E-state index contributed by atoms with van der Waals surface area (Å²) in [6, 6.07) is 0.610. The molecule has 4 nitrogen and oxygen atoms in total. The van der Waals surface area contributed by atoms with E-state index in [1.54, 1.807) is 0 Å². The lowest BCUT2D eigenvalue weighted by molar-refractivity contribution is -0.121. The number of carbonyl (C=O) groups is 1. The maximum Gasteiger partial charge on any atom is 0.234 e. The average molecular weight is 228 g/mol. The molecule has 0 radical (unpaired) electrons. The van der Waals surface area contributed by atoms with Gasteiger partial charge in [-0.15, -0.1) is 0 Å². The van der Waals surface area contributed by atoms with E-state index in [0.29, 0.717) is 12.6 Å². The second-order valence-corrected chi connectivity index (χ2v) is 5.03. The Labute approximate surface area is 98.1 Å². The lowest BCUT2D eigenvalue weighted by Gasteiger charge is -2.32. The Morgan fingerprint density at radius 2 is 1.88 bits per heavy atom. The molecule has 1 aliphatic heterocycles. The standard InChI is InChI=1S/C12H24N2O2/c1-8(2)14-12(15)7-13-11-5-9(3)16-10(4)6-11/h8-11,13H,5-7H2,1-4H3,(H,14,15). The summed E-state index contributed by atoms with van der Waals surface area (Å²) in [5.41, 5.74) is 0. The van der Waals surface area contributed by atoms with E-state index in [4.69, 9.17) is 4.74 Å². The molecule has 2 atom stereocenters. The van der Waals surface area contributed by atoms with Gasteiger partial charge in [0.05, 0.1) is 18.8 Å². The van der Waals surface area contributed by atoms with Crippen LogP contribution in [-0.2, 0) is 9.53 Å². The van der Waals surface area contributed by atoms with Crippen LogP contribution in [0.4, 0.5) is 0 Å². The van der Waals surface area contributed by atoms with Gasteiger partial charge in [-0.2, -0.15) is 0 Å². The first-order valence-electron chi connectivity index (χ1n) is 6.15. The number of rotatable bonds is 4. The van der Waals surface area contributed by atoms with Crippen molar-refractivity contribution in [2.24, 2.45) is 0 Å². The van der Waals surface area contributed by atoms with Gasteiger partial charge in [-0.25, -0.2) is 0 Å². The van der Waals surface area contributed by atoms with E-state index in [9.17, 15) is 4.79 Å². The summed E-state index contributed by atoms with van der Waals surface area (Å²) in [5, 5.41) is 6.17. The third kappa shape index (κ3) is 4.94. The van der Waals surface area contributed by atoms with E-state index in [2.05, 4.69) is 24.5 Å². The zero-order valence-electron chi connectivity index (χ0n) is 10.7. The normalized spacial score (nSPS) is 30.4. The van der Waals surface area contributed by atoms with E-state index < -0.39 is 0 Å².